The normalized spacial score (nSPS) is 10.6. The highest BCUT2D eigenvalue weighted by Crippen LogP contribution is 2.31. The van der Waals surface area contributed by atoms with Crippen molar-refractivity contribution in [2.45, 2.75) is 6.92 Å². The molecule has 0 amide bonds. The average molecular weight is 164 g/mol. The molecule has 11 heavy (non-hydrogen) atoms. The van der Waals surface area contributed by atoms with Crippen molar-refractivity contribution < 1.29 is 5.11 Å². The van der Waals surface area contributed by atoms with E-state index in [1.165, 1.54) is 0 Å². The zero-order chi connectivity index (χ0) is 7.84. The molecule has 1 aromatic carbocycles. The van der Waals surface area contributed by atoms with Crippen molar-refractivity contribution in [2.24, 2.45) is 0 Å². The first kappa shape index (κ1) is 6.68. The highest BCUT2D eigenvalue weighted by Gasteiger charge is 2.02. The van der Waals surface area contributed by atoms with Gasteiger partial charge in [0.15, 0.2) is 0 Å². The lowest BCUT2D eigenvalue weighted by Gasteiger charge is -1.94. The predicted molar refractivity (Wildman–Crippen MR) is 48.2 cm³/mol. The van der Waals surface area contributed by atoms with Crippen LogP contribution in [0.5, 0.6) is 5.75 Å². The number of hydrogen-bond donors (Lipinski definition) is 1. The Labute approximate surface area is 68.9 Å². The summed E-state index contributed by atoms with van der Waals surface area (Å²) in [6.07, 6.45) is 0. The van der Waals surface area contributed by atoms with Gasteiger partial charge < -0.3 is 5.11 Å². The van der Waals surface area contributed by atoms with Crippen LogP contribution < -0.4 is 0 Å². The summed E-state index contributed by atoms with van der Waals surface area (Å²) in [6, 6.07) is 5.61. The number of aryl methyl sites for hydroxylation is 1. The lowest BCUT2D eigenvalue weighted by molar-refractivity contribution is 0.481. The fraction of sp³-hybridized carbons (Fsp3) is 0.111. The van der Waals surface area contributed by atoms with E-state index in [1.54, 1.807) is 17.4 Å². The topological polar surface area (TPSA) is 20.2 Å². The van der Waals surface area contributed by atoms with E-state index in [4.69, 9.17) is 0 Å². The summed E-state index contributed by atoms with van der Waals surface area (Å²) in [5, 5.41) is 12.5. The van der Waals surface area contributed by atoms with Gasteiger partial charge in [0.1, 0.15) is 5.75 Å². The van der Waals surface area contributed by atoms with Crippen LogP contribution in [0.3, 0.4) is 0 Å². The molecule has 0 aliphatic carbocycles. The maximum atomic E-state index is 9.45. The van der Waals surface area contributed by atoms with Crippen molar-refractivity contribution >= 4 is 21.4 Å². The van der Waals surface area contributed by atoms with Crippen molar-refractivity contribution in [3.8, 4) is 5.75 Å². The van der Waals surface area contributed by atoms with Crippen molar-refractivity contribution in [1.82, 2.24) is 0 Å². The Bertz CT molecular complexity index is 389. The number of benzene rings is 1. The number of fused-ring (bicyclic) bond motifs is 1. The van der Waals surface area contributed by atoms with Gasteiger partial charge in [0.05, 0.1) is 0 Å². The van der Waals surface area contributed by atoms with E-state index in [2.05, 4.69) is 5.38 Å². The van der Waals surface area contributed by atoms with E-state index >= 15 is 0 Å². The third kappa shape index (κ3) is 0.906. The largest absolute Gasteiger partial charge is 0.507 e. The summed E-state index contributed by atoms with van der Waals surface area (Å²) in [4.78, 5) is 0. The Morgan fingerprint density at radius 1 is 1.36 bits per heavy atom. The van der Waals surface area contributed by atoms with Crippen LogP contribution >= 0.6 is 11.3 Å². The Morgan fingerprint density at radius 2 is 2.18 bits per heavy atom. The van der Waals surface area contributed by atoms with Gasteiger partial charge in [-0.05, 0) is 30.0 Å². The molecule has 2 heteroatoms. The fourth-order valence-electron chi connectivity index (χ4n) is 1.22. The van der Waals surface area contributed by atoms with Gasteiger partial charge in [0, 0.05) is 10.1 Å². The van der Waals surface area contributed by atoms with Gasteiger partial charge in [0.25, 0.3) is 0 Å². The molecule has 1 N–H and O–H groups in total. The summed E-state index contributed by atoms with van der Waals surface area (Å²) in [5.41, 5.74) is 1.16. The van der Waals surface area contributed by atoms with Gasteiger partial charge in [-0.2, -0.15) is 0 Å². The zero-order valence-electron chi connectivity index (χ0n) is 6.16. The molecule has 0 atom stereocenters. The molecule has 0 spiro atoms. The zero-order valence-corrected chi connectivity index (χ0v) is 6.98. The van der Waals surface area contributed by atoms with Crippen LogP contribution in [0.2, 0.25) is 0 Å². The minimum Gasteiger partial charge on any atom is -0.507 e. The van der Waals surface area contributed by atoms with E-state index in [-0.39, 0.29) is 0 Å². The maximum absolute atomic E-state index is 9.45. The smallest absolute Gasteiger partial charge is 0.124 e. The van der Waals surface area contributed by atoms with Crippen LogP contribution in [-0.4, -0.2) is 5.11 Å². The molecule has 0 fully saturated rings. The molecule has 56 valence electrons. The van der Waals surface area contributed by atoms with Gasteiger partial charge in [0.2, 0.25) is 0 Å². The average Bonchev–Trinajstić information content (AvgIpc) is 2.34. The van der Waals surface area contributed by atoms with Gasteiger partial charge >= 0.3 is 0 Å². The maximum Gasteiger partial charge on any atom is 0.124 e. The minimum atomic E-state index is 0.390. The van der Waals surface area contributed by atoms with Gasteiger partial charge in [-0.1, -0.05) is 6.07 Å². The Hall–Kier alpha value is -1.02. The molecule has 0 saturated heterocycles. The number of phenolic OH excluding ortho intramolecular Hbond substituents is 1. The van der Waals surface area contributed by atoms with Crippen LogP contribution in [0.25, 0.3) is 10.1 Å². The predicted octanol–water partition coefficient (Wildman–Crippen LogP) is 2.92. The molecular formula is C9H8OS. The van der Waals surface area contributed by atoms with E-state index in [0.717, 1.165) is 15.6 Å². The summed E-state index contributed by atoms with van der Waals surface area (Å²) < 4.78 is 1.16. The summed E-state index contributed by atoms with van der Waals surface area (Å²) in [5.74, 6) is 0.390. The standard InChI is InChI=1S/C9H8OS/c1-6-5-11-8-4-2-3-7(10)9(6)8/h2-5,10H,1H3. The molecule has 0 radical (unpaired) electrons. The van der Waals surface area contributed by atoms with Crippen molar-refractivity contribution in [3.63, 3.8) is 0 Å². The fourth-order valence-corrected chi connectivity index (χ4v) is 2.19. The second-order valence-electron chi connectivity index (χ2n) is 2.57. The molecule has 2 rings (SSSR count). The van der Waals surface area contributed by atoms with E-state index in [1.807, 2.05) is 19.1 Å². The first-order chi connectivity index (χ1) is 5.29. The number of hydrogen-bond acceptors (Lipinski definition) is 2. The van der Waals surface area contributed by atoms with E-state index in [9.17, 15) is 5.11 Å². The lowest BCUT2D eigenvalue weighted by Crippen LogP contribution is -1.68. The first-order valence-corrected chi connectivity index (χ1v) is 4.33. The van der Waals surface area contributed by atoms with Crippen LogP contribution in [0.4, 0.5) is 0 Å². The Morgan fingerprint density at radius 3 is 2.91 bits per heavy atom. The van der Waals surface area contributed by atoms with E-state index in [0.29, 0.717) is 5.75 Å². The molecule has 0 aliphatic heterocycles. The molecule has 1 heterocycles. The molecule has 1 aromatic heterocycles. The molecular weight excluding hydrogens is 156 g/mol. The van der Waals surface area contributed by atoms with Crippen LogP contribution in [-0.2, 0) is 0 Å². The quantitative estimate of drug-likeness (QED) is 0.634. The van der Waals surface area contributed by atoms with Gasteiger partial charge in [-0.3, -0.25) is 0 Å². The summed E-state index contributed by atoms with van der Waals surface area (Å²) in [7, 11) is 0. The highest BCUT2D eigenvalue weighted by molar-refractivity contribution is 7.17. The second kappa shape index (κ2) is 2.24. The number of aromatic hydroxyl groups is 1. The Balaban J connectivity index is 2.96. The van der Waals surface area contributed by atoms with Crippen LogP contribution in [0, 0.1) is 6.92 Å². The molecule has 0 bridgehead atoms. The van der Waals surface area contributed by atoms with Gasteiger partial charge in [-0.15, -0.1) is 11.3 Å². The van der Waals surface area contributed by atoms with Crippen LogP contribution in [0.15, 0.2) is 23.6 Å². The summed E-state index contributed by atoms with van der Waals surface area (Å²) >= 11 is 1.67. The lowest BCUT2D eigenvalue weighted by atomic mass is 10.2. The number of phenols is 1. The number of thiophene rings is 1. The molecule has 1 nitrogen and oxygen atoms in total. The Kier molecular flexibility index (Phi) is 1.36. The molecule has 0 aliphatic rings. The van der Waals surface area contributed by atoms with Crippen molar-refractivity contribution in [3.05, 3.63) is 29.1 Å². The molecule has 2 aromatic rings. The highest BCUT2D eigenvalue weighted by atomic mass is 32.1. The minimum absolute atomic E-state index is 0.390. The summed E-state index contributed by atoms with van der Waals surface area (Å²) in [6.45, 7) is 2.01. The first-order valence-electron chi connectivity index (χ1n) is 3.45. The third-order valence-electron chi connectivity index (χ3n) is 1.76. The van der Waals surface area contributed by atoms with E-state index < -0.39 is 0 Å². The molecule has 0 unspecified atom stereocenters. The van der Waals surface area contributed by atoms with Crippen molar-refractivity contribution in [2.75, 3.05) is 0 Å². The SMILES string of the molecule is Cc1csc2cccc(O)c12. The monoisotopic (exact) mass is 164 g/mol. The van der Waals surface area contributed by atoms with Gasteiger partial charge in [-0.25, -0.2) is 0 Å². The number of rotatable bonds is 0. The van der Waals surface area contributed by atoms with Crippen LogP contribution in [0.1, 0.15) is 5.56 Å². The van der Waals surface area contributed by atoms with Crippen molar-refractivity contribution in [1.29, 1.82) is 0 Å². The second-order valence-corrected chi connectivity index (χ2v) is 3.48. The molecule has 0 saturated carbocycles. The third-order valence-corrected chi connectivity index (χ3v) is 2.83.